The summed E-state index contributed by atoms with van der Waals surface area (Å²) in [7, 11) is 0. The molecule has 2 fully saturated rings. The van der Waals surface area contributed by atoms with Gasteiger partial charge in [0.25, 0.3) is 0 Å². The van der Waals surface area contributed by atoms with Crippen LogP contribution < -0.4 is 0 Å². The van der Waals surface area contributed by atoms with Crippen molar-refractivity contribution in [3.8, 4) is 0 Å². The van der Waals surface area contributed by atoms with Crippen LogP contribution in [0.5, 0.6) is 0 Å². The van der Waals surface area contributed by atoms with Gasteiger partial charge in [-0.25, -0.2) is 0 Å². The molecule has 96 valence electrons. The van der Waals surface area contributed by atoms with Crippen LogP contribution in [0.4, 0.5) is 0 Å². The van der Waals surface area contributed by atoms with E-state index in [-0.39, 0.29) is 30.7 Å². The Bertz CT molecular complexity index is 298. The fourth-order valence-electron chi connectivity index (χ4n) is 2.78. The van der Waals surface area contributed by atoms with Crippen molar-refractivity contribution >= 4 is 5.97 Å². The number of fused-ring (bicyclic) bond motifs is 2. The van der Waals surface area contributed by atoms with Gasteiger partial charge in [0.15, 0.2) is 0 Å². The average Bonchev–Trinajstić information content (AvgIpc) is 2.85. The van der Waals surface area contributed by atoms with E-state index in [0.29, 0.717) is 6.42 Å². The molecule has 4 atom stereocenters. The smallest absolute Gasteiger partial charge is 0.303 e. The molecule has 0 radical (unpaired) electrons. The Morgan fingerprint density at radius 1 is 1.29 bits per heavy atom. The van der Waals surface area contributed by atoms with E-state index in [1.807, 2.05) is 6.08 Å². The van der Waals surface area contributed by atoms with Gasteiger partial charge < -0.3 is 14.9 Å². The third kappa shape index (κ3) is 3.07. The van der Waals surface area contributed by atoms with Gasteiger partial charge in [-0.3, -0.25) is 4.79 Å². The quantitative estimate of drug-likeness (QED) is 0.548. The third-order valence-corrected chi connectivity index (χ3v) is 3.72. The Morgan fingerprint density at radius 3 is 2.71 bits per heavy atom. The predicted octanol–water partition coefficient (Wildman–Crippen LogP) is 1.73. The third-order valence-electron chi connectivity index (χ3n) is 3.72. The van der Waals surface area contributed by atoms with Gasteiger partial charge in [-0.05, 0) is 32.1 Å². The van der Waals surface area contributed by atoms with Gasteiger partial charge in [0.1, 0.15) is 0 Å². The summed E-state index contributed by atoms with van der Waals surface area (Å²) in [5.74, 6) is -0.500. The highest BCUT2D eigenvalue weighted by Crippen LogP contribution is 2.40. The molecule has 0 amide bonds. The number of carboxylic acids is 1. The molecule has 2 bridgehead atoms. The van der Waals surface area contributed by atoms with E-state index in [4.69, 9.17) is 9.84 Å². The van der Waals surface area contributed by atoms with Crippen LogP contribution in [0.2, 0.25) is 0 Å². The zero-order valence-electron chi connectivity index (χ0n) is 9.92. The van der Waals surface area contributed by atoms with Crippen LogP contribution in [0.1, 0.15) is 38.5 Å². The summed E-state index contributed by atoms with van der Waals surface area (Å²) < 4.78 is 5.65. The van der Waals surface area contributed by atoms with E-state index >= 15 is 0 Å². The summed E-state index contributed by atoms with van der Waals surface area (Å²) in [5.41, 5.74) is 0. The molecule has 2 aliphatic heterocycles. The second-order valence-corrected chi connectivity index (χ2v) is 4.94. The molecule has 2 saturated heterocycles. The summed E-state index contributed by atoms with van der Waals surface area (Å²) >= 11 is 0. The fourth-order valence-corrected chi connectivity index (χ4v) is 2.78. The number of hydrogen-bond donors (Lipinski definition) is 2. The van der Waals surface area contributed by atoms with Crippen LogP contribution >= 0.6 is 0 Å². The number of unbranched alkanes of at least 4 members (excludes halogenated alkanes) is 1. The maximum Gasteiger partial charge on any atom is 0.303 e. The molecular weight excluding hydrogens is 220 g/mol. The zero-order valence-corrected chi connectivity index (χ0v) is 9.92. The summed E-state index contributed by atoms with van der Waals surface area (Å²) in [6, 6.07) is 0. The first-order valence-corrected chi connectivity index (χ1v) is 6.39. The first kappa shape index (κ1) is 12.6. The van der Waals surface area contributed by atoms with Crippen molar-refractivity contribution in [3.05, 3.63) is 12.2 Å². The van der Waals surface area contributed by atoms with Crippen molar-refractivity contribution in [2.75, 3.05) is 0 Å². The number of carboxylic acid groups (broad SMARTS) is 1. The lowest BCUT2D eigenvalue weighted by Crippen LogP contribution is -2.31. The molecule has 0 aromatic heterocycles. The number of carbonyl (C=O) groups is 1. The van der Waals surface area contributed by atoms with Crippen LogP contribution in [0.3, 0.4) is 0 Å². The van der Waals surface area contributed by atoms with Gasteiger partial charge >= 0.3 is 5.97 Å². The second kappa shape index (κ2) is 5.65. The maximum absolute atomic E-state index is 10.3. The van der Waals surface area contributed by atoms with Crippen molar-refractivity contribution in [3.63, 3.8) is 0 Å². The zero-order chi connectivity index (χ0) is 12.3. The van der Waals surface area contributed by atoms with E-state index in [1.165, 1.54) is 0 Å². The monoisotopic (exact) mass is 240 g/mol. The predicted molar refractivity (Wildman–Crippen MR) is 62.6 cm³/mol. The standard InChI is InChI=1S/C13H20O4/c14-12(15)6-4-2-1-3-5-9-10-7-8-11(17-10)13(9)16/h1,3,9-11,13,16H,2,4-8H2,(H,14,15)/t9-,10+,11-,13-/m1/s1. The lowest BCUT2D eigenvalue weighted by molar-refractivity contribution is -0.137. The number of aliphatic hydroxyl groups excluding tert-OH is 1. The second-order valence-electron chi connectivity index (χ2n) is 4.94. The molecule has 0 unspecified atom stereocenters. The molecule has 0 spiro atoms. The molecule has 0 aromatic carbocycles. The summed E-state index contributed by atoms with van der Waals surface area (Å²) in [4.78, 5) is 10.3. The summed E-state index contributed by atoms with van der Waals surface area (Å²) in [5, 5.41) is 18.4. The molecule has 4 nitrogen and oxygen atoms in total. The highest BCUT2D eigenvalue weighted by Gasteiger charge is 2.47. The molecule has 2 heterocycles. The van der Waals surface area contributed by atoms with Gasteiger partial charge in [0, 0.05) is 12.3 Å². The van der Waals surface area contributed by atoms with Gasteiger partial charge in [-0.15, -0.1) is 0 Å². The number of aliphatic hydroxyl groups is 1. The van der Waals surface area contributed by atoms with E-state index in [0.717, 1.165) is 25.7 Å². The van der Waals surface area contributed by atoms with Gasteiger partial charge in [-0.2, -0.15) is 0 Å². The number of ether oxygens (including phenoxy) is 1. The SMILES string of the molecule is O=C(O)CCCC=CC[C@H]1[C@@H](O)[C@H]2CC[C@@H]1O2. The minimum absolute atomic E-state index is 0.0606. The lowest BCUT2D eigenvalue weighted by Gasteiger charge is -2.22. The van der Waals surface area contributed by atoms with E-state index in [9.17, 15) is 9.90 Å². The minimum Gasteiger partial charge on any atom is -0.481 e. The van der Waals surface area contributed by atoms with E-state index in [1.54, 1.807) is 0 Å². The van der Waals surface area contributed by atoms with Crippen molar-refractivity contribution in [1.82, 2.24) is 0 Å². The first-order valence-electron chi connectivity index (χ1n) is 6.39. The fraction of sp³-hybridized carbons (Fsp3) is 0.769. The molecule has 2 aliphatic rings. The normalized spacial score (nSPS) is 35.8. The molecule has 0 saturated carbocycles. The lowest BCUT2D eigenvalue weighted by atomic mass is 9.84. The van der Waals surface area contributed by atoms with Crippen molar-refractivity contribution in [2.24, 2.45) is 5.92 Å². The molecule has 0 aliphatic carbocycles. The molecule has 4 heteroatoms. The van der Waals surface area contributed by atoms with Crippen molar-refractivity contribution in [1.29, 1.82) is 0 Å². The van der Waals surface area contributed by atoms with Crippen molar-refractivity contribution in [2.45, 2.75) is 56.8 Å². The van der Waals surface area contributed by atoms with Gasteiger partial charge in [-0.1, -0.05) is 12.2 Å². The maximum atomic E-state index is 10.3. The van der Waals surface area contributed by atoms with E-state index in [2.05, 4.69) is 6.08 Å². The van der Waals surface area contributed by atoms with Crippen LogP contribution in [0.25, 0.3) is 0 Å². The number of hydrogen-bond acceptors (Lipinski definition) is 3. The first-order chi connectivity index (χ1) is 8.18. The summed E-state index contributed by atoms with van der Waals surface area (Å²) in [6.07, 6.45) is 8.66. The van der Waals surface area contributed by atoms with Crippen LogP contribution in [-0.2, 0) is 9.53 Å². The number of rotatable bonds is 6. The van der Waals surface area contributed by atoms with Gasteiger partial charge in [0.2, 0.25) is 0 Å². The van der Waals surface area contributed by atoms with Gasteiger partial charge in [0.05, 0.1) is 18.3 Å². The van der Waals surface area contributed by atoms with Crippen LogP contribution in [-0.4, -0.2) is 34.5 Å². The molecule has 17 heavy (non-hydrogen) atoms. The number of aliphatic carboxylic acids is 1. The molecule has 2 rings (SSSR count). The highest BCUT2D eigenvalue weighted by atomic mass is 16.5. The Kier molecular flexibility index (Phi) is 4.18. The topological polar surface area (TPSA) is 66.8 Å². The van der Waals surface area contributed by atoms with Crippen LogP contribution in [0.15, 0.2) is 12.2 Å². The minimum atomic E-state index is -0.740. The Hall–Kier alpha value is -0.870. The van der Waals surface area contributed by atoms with Crippen LogP contribution in [0, 0.1) is 5.92 Å². The Labute approximate surface area is 101 Å². The highest BCUT2D eigenvalue weighted by molar-refractivity contribution is 5.66. The largest absolute Gasteiger partial charge is 0.481 e. The Balaban J connectivity index is 1.65. The average molecular weight is 240 g/mol. The molecule has 2 N–H and O–H groups in total. The Morgan fingerprint density at radius 2 is 2.06 bits per heavy atom. The van der Waals surface area contributed by atoms with Crippen molar-refractivity contribution < 1.29 is 19.7 Å². The number of allylic oxidation sites excluding steroid dienone is 2. The summed E-state index contributed by atoms with van der Waals surface area (Å²) in [6.45, 7) is 0. The molecular formula is C13H20O4. The molecule has 0 aromatic rings. The van der Waals surface area contributed by atoms with E-state index < -0.39 is 5.97 Å².